The molecule has 0 bridgehead atoms. The molecule has 1 saturated heterocycles. The van der Waals surface area contributed by atoms with Gasteiger partial charge in [-0.15, -0.1) is 0 Å². The third kappa shape index (κ3) is 7.92. The Labute approximate surface area is 167 Å². The lowest BCUT2D eigenvalue weighted by Crippen LogP contribution is -2.33. The number of aromatic nitrogens is 2. The number of alkyl halides is 3. The minimum absolute atomic E-state index is 0.0763. The first-order chi connectivity index (χ1) is 13.8. The van der Waals surface area contributed by atoms with E-state index in [1.165, 1.54) is 5.56 Å². The van der Waals surface area contributed by atoms with E-state index in [0.29, 0.717) is 6.61 Å². The van der Waals surface area contributed by atoms with E-state index >= 15 is 0 Å². The van der Waals surface area contributed by atoms with Gasteiger partial charge in [0.25, 0.3) is 0 Å². The molecule has 2 N–H and O–H groups in total. The Kier molecular flexibility index (Phi) is 9.34. The third-order valence-electron chi connectivity index (χ3n) is 4.74. The summed E-state index contributed by atoms with van der Waals surface area (Å²) in [7, 11) is 1.72. The normalized spacial score (nSPS) is 19.9. The minimum Gasteiger partial charge on any atom is -0.475 e. The molecule has 1 atom stereocenters. The van der Waals surface area contributed by atoms with Crippen LogP contribution in [0, 0.1) is 5.92 Å². The smallest absolute Gasteiger partial charge is 0.475 e. The molecule has 1 aromatic rings. The highest BCUT2D eigenvalue weighted by atomic mass is 19.4. The first-order valence-electron chi connectivity index (χ1n) is 9.56. The summed E-state index contributed by atoms with van der Waals surface area (Å²) in [6.07, 6.45) is 0.416. The SMILES string of the molecule is COCCn1cc2c(n1)C(CNCC1CCOCC1)OCC2.O=C(O)C(F)(F)F. The van der Waals surface area contributed by atoms with Crippen LogP contribution in [-0.4, -0.2) is 73.7 Å². The van der Waals surface area contributed by atoms with Gasteiger partial charge in [0.05, 0.1) is 25.5 Å². The summed E-state index contributed by atoms with van der Waals surface area (Å²) >= 11 is 0. The standard InChI is InChI=1S/C16H27N3O3.C2HF3O2/c1-20-9-5-19-12-14-4-8-22-15(16(14)18-19)11-17-10-13-2-6-21-7-3-13;3-2(4,5)1(6)7/h12-13,15,17H,2-11H2,1H3;(H,6,7). The fourth-order valence-corrected chi connectivity index (χ4v) is 3.16. The number of aliphatic carboxylic acids is 1. The van der Waals surface area contributed by atoms with Crippen LogP contribution in [0.15, 0.2) is 6.20 Å². The van der Waals surface area contributed by atoms with Crippen LogP contribution >= 0.6 is 0 Å². The molecule has 11 heteroatoms. The highest BCUT2D eigenvalue weighted by Crippen LogP contribution is 2.25. The van der Waals surface area contributed by atoms with Crippen LogP contribution in [0.4, 0.5) is 13.2 Å². The molecule has 1 aromatic heterocycles. The van der Waals surface area contributed by atoms with Gasteiger partial charge in [0.1, 0.15) is 6.10 Å². The van der Waals surface area contributed by atoms with Gasteiger partial charge in [0, 0.05) is 33.1 Å². The highest BCUT2D eigenvalue weighted by molar-refractivity contribution is 5.73. The van der Waals surface area contributed by atoms with Gasteiger partial charge >= 0.3 is 12.1 Å². The van der Waals surface area contributed by atoms with Gasteiger partial charge in [-0.2, -0.15) is 18.3 Å². The number of hydrogen-bond acceptors (Lipinski definition) is 6. The van der Waals surface area contributed by atoms with Gasteiger partial charge < -0.3 is 24.6 Å². The summed E-state index contributed by atoms with van der Waals surface area (Å²) in [4.78, 5) is 8.90. The number of nitrogens with one attached hydrogen (secondary N) is 1. The molecule has 0 spiro atoms. The number of halogens is 3. The van der Waals surface area contributed by atoms with E-state index in [4.69, 9.17) is 24.1 Å². The second-order valence-corrected chi connectivity index (χ2v) is 6.92. The molecule has 0 aromatic carbocycles. The maximum absolute atomic E-state index is 10.6. The maximum Gasteiger partial charge on any atom is 0.490 e. The first-order valence-corrected chi connectivity index (χ1v) is 9.56. The van der Waals surface area contributed by atoms with Crippen LogP contribution in [0.2, 0.25) is 0 Å². The van der Waals surface area contributed by atoms with E-state index < -0.39 is 12.1 Å². The summed E-state index contributed by atoms with van der Waals surface area (Å²) in [5.41, 5.74) is 2.42. The van der Waals surface area contributed by atoms with Crippen molar-refractivity contribution in [1.29, 1.82) is 0 Å². The van der Waals surface area contributed by atoms with E-state index in [1.807, 2.05) is 4.68 Å². The van der Waals surface area contributed by atoms with Gasteiger partial charge in [0.2, 0.25) is 0 Å². The molecule has 3 heterocycles. The Bertz CT molecular complexity index is 633. The second kappa shape index (κ2) is 11.5. The molecule has 166 valence electrons. The number of nitrogens with zero attached hydrogens (tertiary/aromatic N) is 2. The number of carboxylic acids is 1. The molecule has 8 nitrogen and oxygen atoms in total. The van der Waals surface area contributed by atoms with Crippen molar-refractivity contribution in [2.75, 3.05) is 46.6 Å². The van der Waals surface area contributed by atoms with E-state index in [1.54, 1.807) is 7.11 Å². The first kappa shape index (κ1) is 23.6. The van der Waals surface area contributed by atoms with Crippen molar-refractivity contribution >= 4 is 5.97 Å². The predicted molar refractivity (Wildman–Crippen MR) is 96.6 cm³/mol. The molecule has 1 fully saturated rings. The molecular weight excluding hydrogens is 395 g/mol. The second-order valence-electron chi connectivity index (χ2n) is 6.92. The Morgan fingerprint density at radius 1 is 1.34 bits per heavy atom. The number of ether oxygens (including phenoxy) is 3. The molecular formula is C18H28F3N3O5. The summed E-state index contributed by atoms with van der Waals surface area (Å²) in [5.74, 6) is -2.02. The van der Waals surface area contributed by atoms with E-state index in [2.05, 4.69) is 16.6 Å². The van der Waals surface area contributed by atoms with Crippen LogP contribution in [0.1, 0.15) is 30.2 Å². The predicted octanol–water partition coefficient (Wildman–Crippen LogP) is 1.79. The monoisotopic (exact) mass is 423 g/mol. The van der Waals surface area contributed by atoms with Crippen LogP contribution in [0.5, 0.6) is 0 Å². The zero-order valence-electron chi connectivity index (χ0n) is 16.4. The zero-order chi connectivity index (χ0) is 21.3. The molecule has 0 saturated carbocycles. The van der Waals surface area contributed by atoms with Crippen LogP contribution in [-0.2, 0) is 32.0 Å². The van der Waals surface area contributed by atoms with Crippen LogP contribution in [0.3, 0.4) is 0 Å². The fraction of sp³-hybridized carbons (Fsp3) is 0.778. The number of carbonyl (C=O) groups is 1. The number of methoxy groups -OCH3 is 1. The highest BCUT2D eigenvalue weighted by Gasteiger charge is 2.38. The summed E-state index contributed by atoms with van der Waals surface area (Å²) in [6, 6.07) is 0. The number of fused-ring (bicyclic) bond motifs is 1. The van der Waals surface area contributed by atoms with Gasteiger partial charge in [-0.05, 0) is 37.3 Å². The fourth-order valence-electron chi connectivity index (χ4n) is 3.16. The van der Waals surface area contributed by atoms with Crippen molar-refractivity contribution in [1.82, 2.24) is 15.1 Å². The zero-order valence-corrected chi connectivity index (χ0v) is 16.4. The third-order valence-corrected chi connectivity index (χ3v) is 4.74. The largest absolute Gasteiger partial charge is 0.490 e. The van der Waals surface area contributed by atoms with Crippen molar-refractivity contribution in [2.24, 2.45) is 5.92 Å². The van der Waals surface area contributed by atoms with E-state index in [9.17, 15) is 13.2 Å². The van der Waals surface area contributed by atoms with Crippen molar-refractivity contribution in [3.05, 3.63) is 17.5 Å². The van der Waals surface area contributed by atoms with Crippen molar-refractivity contribution in [2.45, 2.75) is 38.1 Å². The Morgan fingerprint density at radius 2 is 2.03 bits per heavy atom. The van der Waals surface area contributed by atoms with Gasteiger partial charge in [-0.25, -0.2) is 4.79 Å². The van der Waals surface area contributed by atoms with Crippen LogP contribution < -0.4 is 5.32 Å². The van der Waals surface area contributed by atoms with E-state index in [-0.39, 0.29) is 6.10 Å². The summed E-state index contributed by atoms with van der Waals surface area (Å²) < 4.78 is 50.2. The lowest BCUT2D eigenvalue weighted by Gasteiger charge is -2.25. The topological polar surface area (TPSA) is 94.8 Å². The van der Waals surface area contributed by atoms with Gasteiger partial charge in [-0.1, -0.05) is 0 Å². The number of hydrogen-bond donors (Lipinski definition) is 2. The summed E-state index contributed by atoms with van der Waals surface area (Å²) in [6.45, 7) is 5.96. The molecule has 29 heavy (non-hydrogen) atoms. The van der Waals surface area contributed by atoms with E-state index in [0.717, 1.165) is 70.3 Å². The molecule has 0 aliphatic carbocycles. The number of rotatable bonds is 7. The van der Waals surface area contributed by atoms with Crippen molar-refractivity contribution < 1.29 is 37.3 Å². The molecule has 2 aliphatic rings. The number of carboxylic acid groups (broad SMARTS) is 1. The van der Waals surface area contributed by atoms with Gasteiger partial charge in [-0.3, -0.25) is 4.68 Å². The van der Waals surface area contributed by atoms with Crippen LogP contribution in [0.25, 0.3) is 0 Å². The molecule has 3 rings (SSSR count). The summed E-state index contributed by atoms with van der Waals surface area (Å²) in [5, 5.41) is 15.4. The van der Waals surface area contributed by atoms with Gasteiger partial charge in [0.15, 0.2) is 0 Å². The van der Waals surface area contributed by atoms with Crippen molar-refractivity contribution in [3.8, 4) is 0 Å². The van der Waals surface area contributed by atoms with Crippen molar-refractivity contribution in [3.63, 3.8) is 0 Å². The maximum atomic E-state index is 10.6. The average Bonchev–Trinajstić information content (AvgIpc) is 3.11. The molecule has 1 unspecified atom stereocenters. The Hall–Kier alpha value is -1.69. The Morgan fingerprint density at radius 3 is 2.66 bits per heavy atom. The quantitative estimate of drug-likeness (QED) is 0.691. The molecule has 0 radical (unpaired) electrons. The minimum atomic E-state index is -5.08. The molecule has 0 amide bonds. The Balaban J connectivity index is 0.000000370. The molecule has 2 aliphatic heterocycles. The lowest BCUT2D eigenvalue weighted by atomic mass is 10.00. The lowest BCUT2D eigenvalue weighted by molar-refractivity contribution is -0.192. The average molecular weight is 423 g/mol.